The van der Waals surface area contributed by atoms with E-state index in [1.165, 1.54) is 0 Å². The minimum absolute atomic E-state index is 0.736. The molecule has 0 radical (unpaired) electrons. The SMILES string of the molecule is COc1ccccc1[B-]12Oc3ccccc3-c3cccc([n+]31)-c1ccccc1O2. The summed E-state index contributed by atoms with van der Waals surface area (Å²) in [5.41, 5.74) is 5.08. The molecule has 140 valence electrons. The number of fused-ring (bicyclic) bond motifs is 4. The van der Waals surface area contributed by atoms with Crippen LogP contribution in [0.4, 0.5) is 0 Å². The molecule has 0 saturated carbocycles. The highest BCUT2D eigenvalue weighted by Gasteiger charge is 2.57. The zero-order chi connectivity index (χ0) is 19.4. The zero-order valence-corrected chi connectivity index (χ0v) is 15.9. The first kappa shape index (κ1) is 16.2. The molecule has 3 heterocycles. The standard InChI is InChI=1S/C24H18BNO3/c1-27-24-16-7-4-11-19(24)25-26-20(17-9-2-5-14-22(17)28-25)12-8-13-21(26)18-10-3-6-15-23(18)29-25/h2-16H,1H3. The van der Waals surface area contributed by atoms with Crippen molar-refractivity contribution in [3.05, 3.63) is 91.0 Å². The van der Waals surface area contributed by atoms with Crippen molar-refractivity contribution < 1.29 is 18.5 Å². The quantitative estimate of drug-likeness (QED) is 0.497. The fraction of sp³-hybridized carbons (Fsp3) is 0.0417. The summed E-state index contributed by atoms with van der Waals surface area (Å²) in [5, 5.41) is 0. The van der Waals surface area contributed by atoms with Crippen molar-refractivity contribution in [3.63, 3.8) is 0 Å². The lowest BCUT2D eigenvalue weighted by atomic mass is 9.59. The van der Waals surface area contributed by atoms with Gasteiger partial charge in [-0.3, -0.25) is 0 Å². The highest BCUT2D eigenvalue weighted by atomic mass is 16.6. The van der Waals surface area contributed by atoms with E-state index in [2.05, 4.69) is 34.8 Å². The summed E-state index contributed by atoms with van der Waals surface area (Å²) in [7, 11) is 1.68. The van der Waals surface area contributed by atoms with E-state index in [9.17, 15) is 0 Å². The molecule has 5 heteroatoms. The first-order valence-corrected chi connectivity index (χ1v) is 9.71. The number of pyridine rings is 1. The first-order valence-electron chi connectivity index (χ1n) is 9.71. The maximum Gasteiger partial charge on any atom is 0.689 e. The normalized spacial score (nSPS) is 14.5. The Hall–Kier alpha value is -3.73. The number of aromatic nitrogens is 1. The second kappa shape index (κ2) is 5.88. The van der Waals surface area contributed by atoms with Crippen LogP contribution in [0.1, 0.15) is 0 Å². The Kier molecular flexibility index (Phi) is 3.30. The third-order valence-corrected chi connectivity index (χ3v) is 5.80. The van der Waals surface area contributed by atoms with Gasteiger partial charge in [-0.2, -0.15) is 0 Å². The van der Waals surface area contributed by atoms with Gasteiger partial charge in [0.25, 0.3) is 0 Å². The molecule has 3 aromatic carbocycles. The summed E-state index contributed by atoms with van der Waals surface area (Å²) in [4.78, 5) is 0. The van der Waals surface area contributed by atoms with E-state index in [4.69, 9.17) is 14.0 Å². The average Bonchev–Trinajstić information content (AvgIpc) is 2.79. The predicted octanol–water partition coefficient (Wildman–Crippen LogP) is 3.80. The third-order valence-electron chi connectivity index (χ3n) is 5.80. The number of methoxy groups -OCH3 is 1. The monoisotopic (exact) mass is 379 g/mol. The maximum atomic E-state index is 6.74. The lowest BCUT2D eigenvalue weighted by Crippen LogP contribution is -2.83. The van der Waals surface area contributed by atoms with Crippen LogP contribution in [0.15, 0.2) is 91.0 Å². The number of ether oxygens (including phenoxy) is 1. The Labute approximate surface area is 168 Å². The number of rotatable bonds is 2. The summed E-state index contributed by atoms with van der Waals surface area (Å²) >= 11 is 0. The second-order valence-electron chi connectivity index (χ2n) is 7.31. The van der Waals surface area contributed by atoms with E-state index in [1.807, 2.05) is 60.7 Å². The number of hydrogen-bond donors (Lipinski definition) is 0. The molecule has 0 unspecified atom stereocenters. The van der Waals surface area contributed by atoms with Crippen LogP contribution in [0.25, 0.3) is 22.5 Å². The van der Waals surface area contributed by atoms with Crippen LogP contribution in [0.2, 0.25) is 0 Å². The van der Waals surface area contributed by atoms with Gasteiger partial charge in [0.05, 0.1) is 35.5 Å². The molecule has 4 aromatic rings. The van der Waals surface area contributed by atoms with E-state index in [-0.39, 0.29) is 0 Å². The van der Waals surface area contributed by atoms with Gasteiger partial charge in [-0.25, -0.2) is 0 Å². The lowest BCUT2D eigenvalue weighted by Gasteiger charge is -2.45. The van der Waals surface area contributed by atoms with Crippen LogP contribution in [0, 0.1) is 0 Å². The summed E-state index contributed by atoms with van der Waals surface area (Å²) < 4.78 is 21.4. The van der Waals surface area contributed by atoms with Crippen molar-refractivity contribution in [3.8, 4) is 39.8 Å². The van der Waals surface area contributed by atoms with Crippen molar-refractivity contribution >= 4 is 12.1 Å². The highest BCUT2D eigenvalue weighted by Crippen LogP contribution is 2.41. The van der Waals surface area contributed by atoms with Gasteiger partial charge in [-0.1, -0.05) is 42.5 Å². The largest absolute Gasteiger partial charge is 0.689 e. The summed E-state index contributed by atoms with van der Waals surface area (Å²) in [6.45, 7) is -2.10. The van der Waals surface area contributed by atoms with Crippen LogP contribution >= 0.6 is 0 Å². The van der Waals surface area contributed by atoms with Crippen molar-refractivity contribution in [1.82, 2.24) is 0 Å². The molecule has 0 fully saturated rings. The third kappa shape index (κ3) is 2.13. The van der Waals surface area contributed by atoms with E-state index < -0.39 is 6.69 Å². The molecule has 29 heavy (non-hydrogen) atoms. The fourth-order valence-corrected chi connectivity index (χ4v) is 4.60. The number of hydrogen-bond acceptors (Lipinski definition) is 3. The van der Waals surface area contributed by atoms with E-state index in [0.717, 1.165) is 45.2 Å². The Morgan fingerprint density at radius 2 is 1.21 bits per heavy atom. The van der Waals surface area contributed by atoms with Crippen molar-refractivity contribution in [1.29, 1.82) is 0 Å². The van der Waals surface area contributed by atoms with Gasteiger partial charge in [0.15, 0.2) is 11.4 Å². The van der Waals surface area contributed by atoms with E-state index in [1.54, 1.807) is 7.11 Å². The number of nitrogens with zero attached hydrogens (tertiary/aromatic N) is 1. The molecule has 6 rings (SSSR count). The van der Waals surface area contributed by atoms with Gasteiger partial charge < -0.3 is 18.5 Å². The van der Waals surface area contributed by atoms with Gasteiger partial charge in [-0.05, 0) is 36.4 Å². The summed E-state index contributed by atoms with van der Waals surface area (Å²) in [5.74, 6) is 2.34. The maximum absolute atomic E-state index is 6.74. The van der Waals surface area contributed by atoms with Gasteiger partial charge >= 0.3 is 6.69 Å². The minimum Gasteiger partial charge on any atom is -0.618 e. The molecule has 2 aliphatic rings. The molecule has 0 atom stereocenters. The number of benzene rings is 3. The molecule has 0 N–H and O–H groups in total. The zero-order valence-electron chi connectivity index (χ0n) is 15.9. The molecule has 0 amide bonds. The van der Waals surface area contributed by atoms with Crippen molar-refractivity contribution in [2.45, 2.75) is 0 Å². The summed E-state index contributed by atoms with van der Waals surface area (Å²) in [6.07, 6.45) is 0. The summed E-state index contributed by atoms with van der Waals surface area (Å²) in [6, 6.07) is 30.4. The number of para-hydroxylation sites is 3. The molecule has 2 aliphatic heterocycles. The molecule has 0 saturated heterocycles. The van der Waals surface area contributed by atoms with Crippen molar-refractivity contribution in [2.24, 2.45) is 0 Å². The van der Waals surface area contributed by atoms with Gasteiger partial charge in [0, 0.05) is 17.6 Å². The van der Waals surface area contributed by atoms with Crippen LogP contribution in [-0.4, -0.2) is 13.8 Å². The van der Waals surface area contributed by atoms with Crippen LogP contribution < -0.4 is 24.0 Å². The average molecular weight is 379 g/mol. The molecule has 0 bridgehead atoms. The minimum atomic E-state index is -2.10. The van der Waals surface area contributed by atoms with E-state index >= 15 is 0 Å². The van der Waals surface area contributed by atoms with Gasteiger partial charge in [0.2, 0.25) is 0 Å². The Morgan fingerprint density at radius 3 is 1.83 bits per heavy atom. The van der Waals surface area contributed by atoms with Gasteiger partial charge in [-0.15, -0.1) is 0 Å². The highest BCUT2D eigenvalue weighted by molar-refractivity contribution is 6.76. The Balaban J connectivity index is 1.77. The molecule has 4 nitrogen and oxygen atoms in total. The van der Waals surface area contributed by atoms with Crippen LogP contribution in [0.5, 0.6) is 17.2 Å². The lowest BCUT2D eigenvalue weighted by molar-refractivity contribution is -0.548. The van der Waals surface area contributed by atoms with E-state index in [0.29, 0.717) is 0 Å². The smallest absolute Gasteiger partial charge is 0.618 e. The molecular weight excluding hydrogens is 361 g/mol. The molecule has 1 aromatic heterocycles. The molecule has 0 aliphatic carbocycles. The second-order valence-corrected chi connectivity index (χ2v) is 7.31. The molecular formula is C24H18BNO3. The van der Waals surface area contributed by atoms with Crippen molar-refractivity contribution in [2.75, 3.05) is 7.11 Å². The van der Waals surface area contributed by atoms with Crippen LogP contribution in [-0.2, 0) is 0 Å². The molecule has 0 spiro atoms. The van der Waals surface area contributed by atoms with Gasteiger partial charge in [0.1, 0.15) is 0 Å². The first-order chi connectivity index (χ1) is 14.3. The Bertz CT molecular complexity index is 1200. The Morgan fingerprint density at radius 1 is 0.655 bits per heavy atom. The fourth-order valence-electron chi connectivity index (χ4n) is 4.60. The predicted molar refractivity (Wildman–Crippen MR) is 113 cm³/mol. The topological polar surface area (TPSA) is 31.6 Å². The van der Waals surface area contributed by atoms with Crippen LogP contribution in [0.3, 0.4) is 0 Å².